The lowest BCUT2D eigenvalue weighted by Crippen LogP contribution is -2.61. The number of carboxylic acids is 4. The van der Waals surface area contributed by atoms with E-state index in [0.717, 1.165) is 0 Å². The third kappa shape index (κ3) is 26.1. The van der Waals surface area contributed by atoms with Crippen LogP contribution in [0, 0.1) is 0 Å². The molecule has 1 aliphatic rings. The number of hydrogen-bond donors (Lipinski definition) is 12. The van der Waals surface area contributed by atoms with E-state index in [-0.39, 0.29) is 51.4 Å². The van der Waals surface area contributed by atoms with E-state index >= 15 is 0 Å². The minimum atomic E-state index is -1.71. The highest BCUT2D eigenvalue weighted by molar-refractivity contribution is 5.99. The molecule has 28 nitrogen and oxygen atoms in total. The molecule has 1 heterocycles. The molecule has 408 valence electrons. The Bertz CT molecular complexity index is 1590. The minimum Gasteiger partial charge on any atom is -0.550 e. The first-order valence-corrected chi connectivity index (χ1v) is 24.6. The van der Waals surface area contributed by atoms with E-state index < -0.39 is 171 Å². The normalized spacial score (nSPS) is 23.4. The molecule has 8 amide bonds. The van der Waals surface area contributed by atoms with Crippen LogP contribution in [0.15, 0.2) is 0 Å². The van der Waals surface area contributed by atoms with Crippen molar-refractivity contribution in [1.29, 1.82) is 0 Å². The molecule has 0 aromatic heterocycles. The van der Waals surface area contributed by atoms with Crippen molar-refractivity contribution in [2.75, 3.05) is 26.2 Å². The fourth-order valence-electron chi connectivity index (χ4n) is 7.48. The average Bonchev–Trinajstić information content (AvgIpc) is 3.31. The van der Waals surface area contributed by atoms with Crippen LogP contribution in [0.5, 0.6) is 0 Å². The van der Waals surface area contributed by atoms with Crippen LogP contribution >= 0.6 is 0 Å². The molecule has 0 aliphatic carbocycles. The van der Waals surface area contributed by atoms with Gasteiger partial charge in [0.25, 0.3) is 0 Å². The summed E-state index contributed by atoms with van der Waals surface area (Å²) < 4.78 is 0. The number of quaternary nitrogens is 4. The van der Waals surface area contributed by atoms with Gasteiger partial charge in [0, 0.05) is 23.9 Å². The van der Waals surface area contributed by atoms with Gasteiger partial charge in [-0.1, -0.05) is 0 Å². The second kappa shape index (κ2) is 35.6. The SMILES string of the molecule is [NH3+]CCCC[C@@H]1NC(=O)[C@H](CCC(=O)[O-])NC(=O)[C@H](CCCC[NH3+])NC(=O)[C@H](CCC(=O)[O-])NC(=O)[C@H](CCCC[NH3+])NC(=O)[C@H](CCC(=O)[O-])NC(=O)[C@H](CCCC[NH3+])NC(=O)[C@H](CCC(=O)[O-])NC1=O. The molecule has 0 bridgehead atoms. The fourth-order valence-corrected chi connectivity index (χ4v) is 7.48. The third-order valence-electron chi connectivity index (χ3n) is 11.6. The molecule has 1 aliphatic heterocycles. The first kappa shape index (κ1) is 63.5. The predicted molar refractivity (Wildman–Crippen MR) is 239 cm³/mol. The quantitative estimate of drug-likeness (QED) is 0.0324. The number of hydrogen-bond acceptors (Lipinski definition) is 16. The van der Waals surface area contributed by atoms with E-state index in [4.69, 9.17) is 0 Å². The molecule has 0 spiro atoms. The summed E-state index contributed by atoms with van der Waals surface area (Å²) in [5, 5.41) is 66.1. The summed E-state index contributed by atoms with van der Waals surface area (Å²) in [6.07, 6.45) is -3.26. The minimum absolute atomic E-state index is 0.117. The molecule has 0 radical (unpaired) electrons. The predicted octanol–water partition coefficient (Wildman–Crippen LogP) is -12.4. The van der Waals surface area contributed by atoms with Crippen LogP contribution < -0.4 is 85.9 Å². The summed E-state index contributed by atoms with van der Waals surface area (Å²) in [6.45, 7) is 1.58. The first-order valence-electron chi connectivity index (χ1n) is 24.6. The second-order valence-electron chi connectivity index (χ2n) is 17.5. The van der Waals surface area contributed by atoms with Gasteiger partial charge in [-0.25, -0.2) is 0 Å². The molecule has 20 N–H and O–H groups in total. The second-order valence-corrected chi connectivity index (χ2v) is 17.5. The molecular formula is C44H76N12O16. The van der Waals surface area contributed by atoms with Crippen molar-refractivity contribution in [3.05, 3.63) is 0 Å². The molecular weight excluding hydrogens is 953 g/mol. The van der Waals surface area contributed by atoms with E-state index in [1.54, 1.807) is 0 Å². The van der Waals surface area contributed by atoms with Crippen molar-refractivity contribution < 1.29 is 101 Å². The van der Waals surface area contributed by atoms with Gasteiger partial charge in [0.05, 0.1) is 26.2 Å². The van der Waals surface area contributed by atoms with Crippen molar-refractivity contribution in [2.24, 2.45) is 0 Å². The Kier molecular flexibility index (Phi) is 31.4. The molecule has 0 saturated carbocycles. The average molecular weight is 1030 g/mol. The smallest absolute Gasteiger partial charge is 0.243 e. The first-order chi connectivity index (χ1) is 34.2. The van der Waals surface area contributed by atoms with Crippen LogP contribution in [0.2, 0.25) is 0 Å². The topological polar surface area (TPSA) is 504 Å². The van der Waals surface area contributed by atoms with Crippen LogP contribution in [0.1, 0.15) is 128 Å². The van der Waals surface area contributed by atoms with Crippen molar-refractivity contribution >= 4 is 71.1 Å². The zero-order valence-corrected chi connectivity index (χ0v) is 40.9. The maximum absolute atomic E-state index is 14.1. The number of nitrogens with one attached hydrogen (secondary N) is 8. The lowest BCUT2D eigenvalue weighted by Gasteiger charge is -2.29. The number of amides is 8. The van der Waals surface area contributed by atoms with Crippen LogP contribution in [-0.4, -0.2) is 146 Å². The van der Waals surface area contributed by atoms with Gasteiger partial charge in [-0.15, -0.1) is 0 Å². The van der Waals surface area contributed by atoms with Crippen LogP contribution in [-0.2, 0) is 57.5 Å². The highest BCUT2D eigenvalue weighted by Gasteiger charge is 2.36. The zero-order valence-electron chi connectivity index (χ0n) is 40.9. The van der Waals surface area contributed by atoms with Gasteiger partial charge in [0.2, 0.25) is 47.3 Å². The fraction of sp³-hybridized carbons (Fsp3) is 0.727. The van der Waals surface area contributed by atoms with E-state index in [1.807, 2.05) is 0 Å². The highest BCUT2D eigenvalue weighted by Crippen LogP contribution is 2.12. The third-order valence-corrected chi connectivity index (χ3v) is 11.6. The Labute approximate surface area is 416 Å². The summed E-state index contributed by atoms with van der Waals surface area (Å²) in [5.41, 5.74) is 15.0. The Balaban J connectivity index is 4.16. The molecule has 1 rings (SSSR count). The van der Waals surface area contributed by atoms with Gasteiger partial charge in [0.1, 0.15) is 48.3 Å². The molecule has 8 atom stereocenters. The van der Waals surface area contributed by atoms with Crippen molar-refractivity contribution in [2.45, 2.75) is 177 Å². The monoisotopic (exact) mass is 1030 g/mol. The highest BCUT2D eigenvalue weighted by atomic mass is 16.4. The summed E-state index contributed by atoms with van der Waals surface area (Å²) in [6, 6.07) is -12.9. The van der Waals surface area contributed by atoms with Gasteiger partial charge >= 0.3 is 0 Å². The van der Waals surface area contributed by atoms with E-state index in [0.29, 0.717) is 51.9 Å². The number of aliphatic carboxylic acids is 4. The van der Waals surface area contributed by atoms with Gasteiger partial charge in [-0.3, -0.25) is 38.4 Å². The van der Waals surface area contributed by atoms with Crippen LogP contribution in [0.4, 0.5) is 0 Å². The molecule has 72 heavy (non-hydrogen) atoms. The molecule has 28 heteroatoms. The van der Waals surface area contributed by atoms with Crippen molar-refractivity contribution in [3.63, 3.8) is 0 Å². The lowest BCUT2D eigenvalue weighted by molar-refractivity contribution is -0.368. The number of carbonyl (C=O) groups excluding carboxylic acids is 12. The number of carbonyl (C=O) groups is 12. The van der Waals surface area contributed by atoms with Crippen LogP contribution in [0.25, 0.3) is 0 Å². The Hall–Kier alpha value is -6.52. The molecule has 0 unspecified atom stereocenters. The summed E-state index contributed by atoms with van der Waals surface area (Å²) in [7, 11) is 0. The number of unbranched alkanes of at least 4 members (excludes halogenated alkanes) is 4. The van der Waals surface area contributed by atoms with E-state index in [1.165, 1.54) is 0 Å². The largest absolute Gasteiger partial charge is 0.550 e. The summed E-state index contributed by atoms with van der Waals surface area (Å²) in [4.78, 5) is 159. The van der Waals surface area contributed by atoms with Crippen LogP contribution in [0.3, 0.4) is 0 Å². The number of rotatable bonds is 28. The molecule has 0 aromatic carbocycles. The lowest BCUT2D eigenvalue weighted by atomic mass is 10.0. The Morgan fingerprint density at radius 1 is 0.278 bits per heavy atom. The molecule has 1 saturated heterocycles. The Morgan fingerprint density at radius 2 is 0.417 bits per heavy atom. The maximum Gasteiger partial charge on any atom is 0.243 e. The van der Waals surface area contributed by atoms with Gasteiger partial charge in [0.15, 0.2) is 0 Å². The molecule has 0 aromatic rings. The summed E-state index contributed by atoms with van der Waals surface area (Å²) in [5.74, 6) is -15.0. The number of carboxylic acid groups (broad SMARTS) is 4. The van der Waals surface area contributed by atoms with Crippen molar-refractivity contribution in [1.82, 2.24) is 42.5 Å². The summed E-state index contributed by atoms with van der Waals surface area (Å²) >= 11 is 0. The maximum atomic E-state index is 14.1. The molecule has 1 fully saturated rings. The van der Waals surface area contributed by atoms with E-state index in [9.17, 15) is 78.0 Å². The van der Waals surface area contributed by atoms with Gasteiger partial charge in [-0.2, -0.15) is 0 Å². The van der Waals surface area contributed by atoms with E-state index in [2.05, 4.69) is 65.5 Å². The zero-order chi connectivity index (χ0) is 54.2. The van der Waals surface area contributed by atoms with Gasteiger partial charge in [-0.05, 0) is 128 Å². The Morgan fingerprint density at radius 3 is 0.542 bits per heavy atom. The van der Waals surface area contributed by atoms with Crippen molar-refractivity contribution in [3.8, 4) is 0 Å². The standard InChI is InChI=1S/C44H76N12O16/c45-21-5-1-9-25-37(65)53-30(14-18-34(59)60)42(70)50-27(11-3-7-23-47)39(67)55-32(16-20-36(63)64)44(72)52-28(12-4-8-24-48)40(68)56-31(15-19-35(61)62)43(71)51-26(10-2-6-22-46)38(66)54-29(41(69)49-25)13-17-33(57)58/h25-32H,1-24,45-48H2,(H,49,69)(H,50,70)(H,51,71)(H,52,72)(H,53,65)(H,54,66)(H,55,67)(H,56,68)(H,57,58)(H,59,60)(H,61,62)(H,63,64)/t25-,26-,27-,28-,29-,30-,31-,32-/m0/s1. The van der Waals surface area contributed by atoms with Gasteiger partial charge < -0.3 is 105 Å².